The van der Waals surface area contributed by atoms with E-state index in [9.17, 15) is 10.1 Å². The fourth-order valence-corrected chi connectivity index (χ4v) is 4.30. The number of nitriles is 1. The van der Waals surface area contributed by atoms with Gasteiger partial charge in [-0.25, -0.2) is 4.79 Å². The molecule has 1 aromatic heterocycles. The largest absolute Gasteiger partial charge is 0.478 e. The Balaban J connectivity index is 2.46. The van der Waals surface area contributed by atoms with E-state index in [0.717, 1.165) is 24.1 Å². The van der Waals surface area contributed by atoms with Gasteiger partial charge < -0.3 is 9.47 Å². The molecule has 2 rings (SSSR count). The van der Waals surface area contributed by atoms with E-state index in [2.05, 4.69) is 42.9 Å². The van der Waals surface area contributed by atoms with Gasteiger partial charge in [0, 0.05) is 6.54 Å². The van der Waals surface area contributed by atoms with Crippen LogP contribution in [0.5, 0.6) is 0 Å². The number of unbranched alkanes of at least 4 members (excludes halogenated alkanes) is 1. The molecule has 1 aromatic carbocycles. The van der Waals surface area contributed by atoms with Crippen LogP contribution in [0.4, 0.5) is 0 Å². The number of rotatable bonds is 10. The summed E-state index contributed by atoms with van der Waals surface area (Å²) in [6.07, 6.45) is 1.75. The number of esters is 1. The molecular formula is C24H33N3O3Si. The van der Waals surface area contributed by atoms with Crippen molar-refractivity contribution in [3.8, 4) is 6.07 Å². The predicted molar refractivity (Wildman–Crippen MR) is 126 cm³/mol. The van der Waals surface area contributed by atoms with Crippen molar-refractivity contribution in [2.45, 2.75) is 59.8 Å². The zero-order valence-corrected chi connectivity index (χ0v) is 20.5. The number of hydrogen-bond donors (Lipinski definition) is 0. The lowest BCUT2D eigenvalue weighted by atomic mass is 10.0. The van der Waals surface area contributed by atoms with Crippen LogP contribution in [0.15, 0.2) is 30.3 Å². The topological polar surface area (TPSA) is 77.1 Å². The number of nitrogens with zero attached hydrogens (tertiary/aromatic N) is 3. The summed E-state index contributed by atoms with van der Waals surface area (Å²) in [5.74, 6) is -0.102. The first kappa shape index (κ1) is 24.4. The predicted octanol–water partition coefficient (Wildman–Crippen LogP) is 4.51. The minimum atomic E-state index is -1.46. The van der Waals surface area contributed by atoms with Crippen molar-refractivity contribution in [3.63, 3.8) is 0 Å². The van der Waals surface area contributed by atoms with Crippen LogP contribution in [0.3, 0.4) is 0 Å². The number of aryl methyl sites for hydroxylation is 2. The third-order valence-corrected chi connectivity index (χ3v) is 6.97. The highest BCUT2D eigenvalue weighted by atomic mass is 28.3. The van der Waals surface area contributed by atoms with E-state index in [1.54, 1.807) is 4.68 Å². The lowest BCUT2D eigenvalue weighted by Crippen LogP contribution is -2.37. The highest BCUT2D eigenvalue weighted by Crippen LogP contribution is 2.28. The molecule has 7 heteroatoms. The first-order chi connectivity index (χ1) is 14.7. The van der Waals surface area contributed by atoms with Gasteiger partial charge in [0.15, 0.2) is 12.4 Å². The Kier molecular flexibility index (Phi) is 8.63. The van der Waals surface area contributed by atoms with E-state index >= 15 is 0 Å². The number of carbonyl (C=O) groups is 1. The summed E-state index contributed by atoms with van der Waals surface area (Å²) in [7, 11) is -1.46. The molecule has 0 radical (unpaired) electrons. The summed E-state index contributed by atoms with van der Waals surface area (Å²) in [6, 6.07) is 12.2. The van der Waals surface area contributed by atoms with E-state index in [-0.39, 0.29) is 6.61 Å². The van der Waals surface area contributed by atoms with Gasteiger partial charge in [-0.1, -0.05) is 62.4 Å². The molecule has 1 heterocycles. The molecule has 0 aliphatic heterocycles. The summed E-state index contributed by atoms with van der Waals surface area (Å²) in [5.41, 5.74) is 2.61. The van der Waals surface area contributed by atoms with Gasteiger partial charge in [0.25, 0.3) is 0 Å². The molecule has 0 amide bonds. The number of hydrogen-bond acceptors (Lipinski definition) is 5. The van der Waals surface area contributed by atoms with Crippen LogP contribution in [0, 0.1) is 18.3 Å². The van der Waals surface area contributed by atoms with Crippen LogP contribution in [-0.2, 0) is 20.8 Å². The van der Waals surface area contributed by atoms with Crippen LogP contribution >= 0.6 is 0 Å². The zero-order valence-electron chi connectivity index (χ0n) is 19.5. The second-order valence-electron chi connectivity index (χ2n) is 8.49. The quantitative estimate of drug-likeness (QED) is 0.179. The molecule has 0 N–H and O–H groups in total. The molecule has 0 spiro atoms. The Morgan fingerprint density at radius 3 is 2.39 bits per heavy atom. The van der Waals surface area contributed by atoms with E-state index in [0.29, 0.717) is 30.2 Å². The van der Waals surface area contributed by atoms with E-state index < -0.39 is 14.0 Å². The highest BCUT2D eigenvalue weighted by Gasteiger charge is 2.21. The molecule has 2 aromatic rings. The summed E-state index contributed by atoms with van der Waals surface area (Å²) < 4.78 is 12.9. The molecule has 0 aliphatic carbocycles. The third kappa shape index (κ3) is 6.56. The number of benzene rings is 1. The number of allylic oxidation sites excluding steroid dienone is 1. The van der Waals surface area contributed by atoms with Crippen LogP contribution in [0.25, 0.3) is 11.3 Å². The van der Waals surface area contributed by atoms with Crippen molar-refractivity contribution in [2.75, 3.05) is 13.2 Å². The second-order valence-corrected chi connectivity index (χ2v) is 13.6. The van der Waals surface area contributed by atoms with Crippen molar-refractivity contribution in [1.29, 1.82) is 5.26 Å². The minimum absolute atomic E-state index is 0.259. The Morgan fingerprint density at radius 2 is 1.84 bits per heavy atom. The normalized spacial score (nSPS) is 12.2. The maximum Gasteiger partial charge on any atom is 0.344 e. The Bertz CT molecular complexity index is 963. The highest BCUT2D eigenvalue weighted by molar-refractivity contribution is 6.88. The molecule has 31 heavy (non-hydrogen) atoms. The summed E-state index contributed by atoms with van der Waals surface area (Å²) in [5, 5.41) is 15.8. The molecule has 0 saturated heterocycles. The van der Waals surface area contributed by atoms with Crippen LogP contribution < -0.4 is 5.19 Å². The van der Waals surface area contributed by atoms with Crippen LogP contribution in [0.1, 0.15) is 43.6 Å². The first-order valence-electron chi connectivity index (χ1n) is 10.8. The van der Waals surface area contributed by atoms with Crippen LogP contribution in [-0.4, -0.2) is 37.0 Å². The maximum atomic E-state index is 12.1. The van der Waals surface area contributed by atoms with Gasteiger partial charge in [0.05, 0.1) is 20.4 Å². The van der Waals surface area contributed by atoms with Crippen molar-refractivity contribution in [1.82, 2.24) is 9.78 Å². The second kappa shape index (κ2) is 11.0. The van der Waals surface area contributed by atoms with Crippen molar-refractivity contribution < 1.29 is 14.3 Å². The molecule has 0 atom stereocenters. The molecule has 0 unspecified atom stereocenters. The van der Waals surface area contributed by atoms with Crippen molar-refractivity contribution in [3.05, 3.63) is 47.3 Å². The van der Waals surface area contributed by atoms with Gasteiger partial charge in [-0.3, -0.25) is 4.68 Å². The van der Waals surface area contributed by atoms with Gasteiger partial charge in [-0.05, 0) is 31.9 Å². The van der Waals surface area contributed by atoms with Crippen LogP contribution in [0.2, 0.25) is 19.6 Å². The Labute approximate surface area is 186 Å². The van der Waals surface area contributed by atoms with Gasteiger partial charge in [-0.2, -0.15) is 10.4 Å². The molecule has 166 valence electrons. The minimum Gasteiger partial charge on any atom is -0.478 e. The van der Waals surface area contributed by atoms with Gasteiger partial charge >= 0.3 is 5.97 Å². The maximum absolute atomic E-state index is 12.1. The molecule has 0 bridgehead atoms. The number of aromatic nitrogens is 2. The van der Waals surface area contributed by atoms with E-state index in [1.165, 1.54) is 5.19 Å². The fourth-order valence-electron chi connectivity index (χ4n) is 3.13. The molecular weight excluding hydrogens is 406 g/mol. The standard InChI is InChI=1S/C24H33N3O3Si/c1-7-9-14-29-23(28)17-30-24(22-15-18(3)26-27(22)8-2)21(16-25)19-10-12-20(13-11-19)31(4,5)6/h10-13,15H,7-9,14,17H2,1-6H3. The van der Waals surface area contributed by atoms with E-state index in [4.69, 9.17) is 9.47 Å². The molecule has 0 saturated carbocycles. The third-order valence-electron chi connectivity index (χ3n) is 4.91. The van der Waals surface area contributed by atoms with Gasteiger partial charge in [-0.15, -0.1) is 0 Å². The SMILES string of the molecule is CCCCOC(=O)COC(=C(C#N)c1ccc([Si](C)(C)C)cc1)c1cc(C)nn1CC. The number of carbonyl (C=O) groups excluding carboxylic acids is 1. The van der Waals surface area contributed by atoms with E-state index in [1.807, 2.05) is 39.0 Å². The van der Waals surface area contributed by atoms with Gasteiger partial charge in [0.2, 0.25) is 0 Å². The average Bonchev–Trinajstić information content (AvgIpc) is 3.11. The fraction of sp³-hybridized carbons (Fsp3) is 0.458. The number of ether oxygens (including phenoxy) is 2. The smallest absolute Gasteiger partial charge is 0.344 e. The summed E-state index contributed by atoms with van der Waals surface area (Å²) >= 11 is 0. The van der Waals surface area contributed by atoms with Gasteiger partial charge in [0.1, 0.15) is 17.3 Å². The average molecular weight is 440 g/mol. The monoisotopic (exact) mass is 439 g/mol. The lowest BCUT2D eigenvalue weighted by Gasteiger charge is -2.17. The Hall–Kier alpha value is -2.85. The first-order valence-corrected chi connectivity index (χ1v) is 14.3. The summed E-state index contributed by atoms with van der Waals surface area (Å²) in [4.78, 5) is 12.1. The molecule has 6 nitrogen and oxygen atoms in total. The zero-order chi connectivity index (χ0) is 23.0. The molecule has 0 fully saturated rings. The van der Waals surface area contributed by atoms with Crippen molar-refractivity contribution in [2.24, 2.45) is 0 Å². The lowest BCUT2D eigenvalue weighted by molar-refractivity contribution is -0.146. The molecule has 0 aliphatic rings. The summed E-state index contributed by atoms with van der Waals surface area (Å²) in [6.45, 7) is 13.5. The Morgan fingerprint density at radius 1 is 1.16 bits per heavy atom. The van der Waals surface area contributed by atoms with Crippen molar-refractivity contribution >= 4 is 30.6 Å².